The lowest BCUT2D eigenvalue weighted by Gasteiger charge is -2.20. The van der Waals surface area contributed by atoms with Crippen LogP contribution in [0.1, 0.15) is 40.9 Å². The Kier molecular flexibility index (Phi) is 6.16. The molecule has 0 aromatic carbocycles. The third kappa shape index (κ3) is 4.94. The summed E-state index contributed by atoms with van der Waals surface area (Å²) in [7, 11) is 0. The number of nitrogens with one attached hydrogen (secondary N) is 1. The molecule has 1 amide bonds. The number of aromatic carboxylic acids is 1. The fourth-order valence-corrected chi connectivity index (χ4v) is 2.75. The number of thiophene rings is 1. The molecule has 5 nitrogen and oxygen atoms in total. The average Bonchev–Trinajstić information content (AvgIpc) is 2.69. The molecule has 1 aromatic heterocycles. The van der Waals surface area contributed by atoms with Gasteiger partial charge in [0.2, 0.25) is 5.91 Å². The summed E-state index contributed by atoms with van der Waals surface area (Å²) in [4.78, 5) is 26.1. The lowest BCUT2D eigenvalue weighted by molar-refractivity contribution is -0.122. The van der Waals surface area contributed by atoms with Crippen molar-refractivity contribution in [1.82, 2.24) is 10.2 Å². The largest absolute Gasteiger partial charge is 0.477 e. The van der Waals surface area contributed by atoms with E-state index >= 15 is 0 Å². The molecule has 0 spiro atoms. The van der Waals surface area contributed by atoms with Crippen LogP contribution in [-0.4, -0.2) is 41.0 Å². The van der Waals surface area contributed by atoms with Crippen molar-refractivity contribution in [2.45, 2.75) is 40.3 Å². The van der Waals surface area contributed by atoms with E-state index in [1.165, 1.54) is 11.3 Å². The van der Waals surface area contributed by atoms with Crippen LogP contribution in [0.2, 0.25) is 0 Å². The summed E-state index contributed by atoms with van der Waals surface area (Å²) in [5, 5.41) is 11.9. The fourth-order valence-electron chi connectivity index (χ4n) is 1.87. The molecule has 0 aliphatic rings. The molecule has 1 aromatic rings. The third-order valence-electron chi connectivity index (χ3n) is 2.89. The van der Waals surface area contributed by atoms with Gasteiger partial charge in [-0.15, -0.1) is 11.3 Å². The SMILES string of the molecule is CCN(CC(=O)NC(C)C)Cc1cc(C(=O)O)sc1C. The van der Waals surface area contributed by atoms with E-state index in [0.29, 0.717) is 18.0 Å². The van der Waals surface area contributed by atoms with Crippen molar-refractivity contribution in [1.29, 1.82) is 0 Å². The number of hydrogen-bond acceptors (Lipinski definition) is 4. The predicted octanol–water partition coefficient (Wildman–Crippen LogP) is 2.10. The minimum atomic E-state index is -0.898. The van der Waals surface area contributed by atoms with Crippen LogP contribution in [0.5, 0.6) is 0 Å². The zero-order valence-electron chi connectivity index (χ0n) is 12.4. The second-order valence-electron chi connectivity index (χ2n) is 5.02. The molecule has 0 unspecified atom stereocenters. The second-order valence-corrected chi connectivity index (χ2v) is 6.28. The van der Waals surface area contributed by atoms with E-state index in [9.17, 15) is 9.59 Å². The van der Waals surface area contributed by atoms with Crippen molar-refractivity contribution in [3.8, 4) is 0 Å². The van der Waals surface area contributed by atoms with Crippen molar-refractivity contribution in [3.05, 3.63) is 21.4 Å². The monoisotopic (exact) mass is 298 g/mol. The van der Waals surface area contributed by atoms with E-state index in [1.807, 2.05) is 32.6 Å². The number of hydrogen-bond donors (Lipinski definition) is 2. The van der Waals surface area contributed by atoms with Gasteiger partial charge in [0.25, 0.3) is 0 Å². The highest BCUT2D eigenvalue weighted by Crippen LogP contribution is 2.22. The quantitative estimate of drug-likeness (QED) is 0.809. The molecule has 20 heavy (non-hydrogen) atoms. The molecule has 0 saturated carbocycles. The molecule has 0 aliphatic heterocycles. The van der Waals surface area contributed by atoms with Gasteiger partial charge in [0.1, 0.15) is 4.88 Å². The summed E-state index contributed by atoms with van der Waals surface area (Å²) in [6.07, 6.45) is 0. The Labute approximate surface area is 123 Å². The number of carbonyl (C=O) groups excluding carboxylic acids is 1. The van der Waals surface area contributed by atoms with Crippen LogP contribution >= 0.6 is 11.3 Å². The van der Waals surface area contributed by atoms with E-state index in [4.69, 9.17) is 5.11 Å². The maximum absolute atomic E-state index is 11.8. The summed E-state index contributed by atoms with van der Waals surface area (Å²) >= 11 is 1.28. The van der Waals surface area contributed by atoms with Crippen LogP contribution < -0.4 is 5.32 Å². The molecule has 0 atom stereocenters. The molecule has 112 valence electrons. The first-order chi connectivity index (χ1) is 9.33. The van der Waals surface area contributed by atoms with Gasteiger partial charge in [-0.1, -0.05) is 6.92 Å². The first-order valence-electron chi connectivity index (χ1n) is 6.67. The number of aryl methyl sites for hydroxylation is 1. The van der Waals surface area contributed by atoms with Crippen molar-refractivity contribution in [2.24, 2.45) is 0 Å². The maximum atomic E-state index is 11.8. The van der Waals surface area contributed by atoms with Crippen LogP contribution in [0.15, 0.2) is 6.07 Å². The van der Waals surface area contributed by atoms with Gasteiger partial charge in [0.05, 0.1) is 6.54 Å². The van der Waals surface area contributed by atoms with Gasteiger partial charge in [-0.25, -0.2) is 4.79 Å². The highest BCUT2D eigenvalue weighted by Gasteiger charge is 2.15. The van der Waals surface area contributed by atoms with E-state index in [1.54, 1.807) is 6.07 Å². The summed E-state index contributed by atoms with van der Waals surface area (Å²) in [5.41, 5.74) is 0.978. The highest BCUT2D eigenvalue weighted by molar-refractivity contribution is 7.14. The molecule has 0 fully saturated rings. The van der Waals surface area contributed by atoms with Crippen LogP contribution in [0.4, 0.5) is 0 Å². The molecule has 2 N–H and O–H groups in total. The van der Waals surface area contributed by atoms with Crippen molar-refractivity contribution < 1.29 is 14.7 Å². The van der Waals surface area contributed by atoms with Crippen molar-refractivity contribution in [2.75, 3.05) is 13.1 Å². The predicted molar refractivity (Wildman–Crippen MR) is 80.2 cm³/mol. The van der Waals surface area contributed by atoms with E-state index < -0.39 is 5.97 Å². The fraction of sp³-hybridized carbons (Fsp3) is 0.571. The number of nitrogens with zero attached hydrogens (tertiary/aromatic N) is 1. The summed E-state index contributed by atoms with van der Waals surface area (Å²) in [6, 6.07) is 1.83. The van der Waals surface area contributed by atoms with E-state index in [0.717, 1.165) is 17.0 Å². The van der Waals surface area contributed by atoms with Gasteiger partial charge in [0, 0.05) is 17.5 Å². The molecule has 0 bridgehead atoms. The normalized spacial score (nSPS) is 11.1. The number of amides is 1. The Bertz CT molecular complexity index is 483. The van der Waals surface area contributed by atoms with Gasteiger partial charge in [0.15, 0.2) is 0 Å². The number of carboxylic acid groups (broad SMARTS) is 1. The Balaban J connectivity index is 2.68. The van der Waals surface area contributed by atoms with Crippen molar-refractivity contribution in [3.63, 3.8) is 0 Å². The minimum Gasteiger partial charge on any atom is -0.477 e. The number of rotatable bonds is 7. The van der Waals surface area contributed by atoms with Gasteiger partial charge in [-0.3, -0.25) is 9.69 Å². The second kappa shape index (κ2) is 7.40. The zero-order valence-corrected chi connectivity index (χ0v) is 13.2. The van der Waals surface area contributed by atoms with Gasteiger partial charge >= 0.3 is 5.97 Å². The van der Waals surface area contributed by atoms with Gasteiger partial charge in [-0.05, 0) is 38.9 Å². The summed E-state index contributed by atoms with van der Waals surface area (Å²) in [6.45, 7) is 9.41. The molecule has 1 heterocycles. The summed E-state index contributed by atoms with van der Waals surface area (Å²) in [5.74, 6) is -0.904. The maximum Gasteiger partial charge on any atom is 0.345 e. The summed E-state index contributed by atoms with van der Waals surface area (Å²) < 4.78 is 0. The van der Waals surface area contributed by atoms with Crippen LogP contribution in [-0.2, 0) is 11.3 Å². The number of carbonyl (C=O) groups is 2. The lowest BCUT2D eigenvalue weighted by Crippen LogP contribution is -2.39. The lowest BCUT2D eigenvalue weighted by atomic mass is 10.2. The van der Waals surface area contributed by atoms with Crippen molar-refractivity contribution >= 4 is 23.2 Å². The van der Waals surface area contributed by atoms with E-state index in [-0.39, 0.29) is 11.9 Å². The first-order valence-corrected chi connectivity index (χ1v) is 7.49. The van der Waals surface area contributed by atoms with Gasteiger partial charge < -0.3 is 10.4 Å². The Morgan fingerprint density at radius 3 is 2.55 bits per heavy atom. The minimum absolute atomic E-state index is 0.00630. The smallest absolute Gasteiger partial charge is 0.345 e. The van der Waals surface area contributed by atoms with Crippen LogP contribution in [0, 0.1) is 6.92 Å². The van der Waals surface area contributed by atoms with E-state index in [2.05, 4.69) is 5.32 Å². The Morgan fingerprint density at radius 1 is 1.45 bits per heavy atom. The molecule has 0 radical (unpaired) electrons. The Hall–Kier alpha value is -1.40. The standard InChI is InChI=1S/C14H22N2O3S/c1-5-16(8-13(17)15-9(2)3)7-11-6-12(14(18)19)20-10(11)4/h6,9H,5,7-8H2,1-4H3,(H,15,17)(H,18,19). The van der Waals surface area contributed by atoms with Crippen LogP contribution in [0.3, 0.4) is 0 Å². The average molecular weight is 298 g/mol. The van der Waals surface area contributed by atoms with Gasteiger partial charge in [-0.2, -0.15) is 0 Å². The molecule has 1 rings (SSSR count). The highest BCUT2D eigenvalue weighted by atomic mass is 32.1. The number of carboxylic acids is 1. The first kappa shape index (κ1) is 16.7. The molecule has 0 saturated heterocycles. The number of likely N-dealkylation sites (N-methyl/N-ethyl adjacent to an activating group) is 1. The molecule has 6 heteroatoms. The van der Waals surface area contributed by atoms with Crippen LogP contribution in [0.25, 0.3) is 0 Å². The molecular formula is C14H22N2O3S. The molecular weight excluding hydrogens is 276 g/mol. The molecule has 0 aliphatic carbocycles. The zero-order chi connectivity index (χ0) is 15.3. The Morgan fingerprint density at radius 2 is 2.10 bits per heavy atom. The topological polar surface area (TPSA) is 69.6 Å². The third-order valence-corrected chi connectivity index (χ3v) is 3.97.